The van der Waals surface area contributed by atoms with Crippen LogP contribution in [0, 0.1) is 26.7 Å². The van der Waals surface area contributed by atoms with Gasteiger partial charge in [0.05, 0.1) is 16.9 Å². The van der Waals surface area contributed by atoms with Crippen LogP contribution >= 0.6 is 0 Å². The minimum atomic E-state index is -0.369. The molecule has 2 fully saturated rings. The molecule has 2 saturated carbocycles. The van der Waals surface area contributed by atoms with Gasteiger partial charge >= 0.3 is 5.79 Å². The van der Waals surface area contributed by atoms with Gasteiger partial charge in [-0.05, 0) is 128 Å². The molecule has 268 valence electrons. The predicted octanol–water partition coefficient (Wildman–Crippen LogP) is 11.2. The van der Waals surface area contributed by atoms with E-state index in [0.717, 1.165) is 0 Å². The van der Waals surface area contributed by atoms with Crippen LogP contribution < -0.4 is 4.57 Å². The first-order chi connectivity index (χ1) is 24.9. The molecule has 3 heteroatoms. The number of hydrogen-bond donors (Lipinski definition) is 0. The molecule has 6 aliphatic rings. The Kier molecular flexibility index (Phi) is 6.91. The molecule has 1 unspecified atom stereocenters. The lowest BCUT2D eigenvalue weighted by atomic mass is 9.73. The topological polar surface area (TPSA) is 10.1 Å². The van der Waals surface area contributed by atoms with Crippen LogP contribution in [0.3, 0.4) is 0 Å². The molecule has 1 spiro atoms. The number of pyridine rings is 1. The van der Waals surface area contributed by atoms with E-state index in [-0.39, 0.29) is 16.6 Å². The lowest BCUT2D eigenvalue weighted by molar-refractivity contribution is -0.957. The van der Waals surface area contributed by atoms with Crippen molar-refractivity contribution in [3.05, 3.63) is 99.1 Å². The first kappa shape index (κ1) is 32.9. The van der Waals surface area contributed by atoms with Gasteiger partial charge in [0.25, 0.3) is 5.84 Å². The number of amidine groups is 1. The minimum Gasteiger partial charge on any atom is -0.155 e. The van der Waals surface area contributed by atoms with Crippen molar-refractivity contribution in [1.29, 1.82) is 0 Å². The second-order valence-electron chi connectivity index (χ2n) is 19.0. The van der Waals surface area contributed by atoms with Crippen LogP contribution in [0.2, 0.25) is 0 Å². The highest BCUT2D eigenvalue weighted by molar-refractivity contribution is 6.11. The fourth-order valence-corrected chi connectivity index (χ4v) is 12.9. The molecule has 0 radical (unpaired) electrons. The highest BCUT2D eigenvalue weighted by atomic mass is 15.6. The molecule has 52 heavy (non-hydrogen) atoms. The Morgan fingerprint density at radius 3 is 2.06 bits per heavy atom. The largest absolute Gasteiger partial charge is 0.479 e. The summed E-state index contributed by atoms with van der Waals surface area (Å²) in [7, 11) is 0. The molecule has 10 rings (SSSR count). The smallest absolute Gasteiger partial charge is 0.155 e. The molecule has 2 aliphatic heterocycles. The molecule has 3 aromatic carbocycles. The quantitative estimate of drug-likeness (QED) is 0.195. The lowest BCUT2D eigenvalue weighted by Gasteiger charge is -2.50. The maximum atomic E-state index is 3.04. The summed E-state index contributed by atoms with van der Waals surface area (Å²) in [5.41, 5.74) is 19.0. The lowest BCUT2D eigenvalue weighted by Crippen LogP contribution is -2.84. The van der Waals surface area contributed by atoms with Gasteiger partial charge in [-0.2, -0.15) is 9.48 Å². The van der Waals surface area contributed by atoms with Gasteiger partial charge in [-0.3, -0.25) is 0 Å². The summed E-state index contributed by atoms with van der Waals surface area (Å²) < 4.78 is 5.97. The first-order valence-electron chi connectivity index (χ1n) is 20.9. The Hall–Kier alpha value is -3.72. The Morgan fingerprint density at radius 1 is 0.692 bits per heavy atom. The van der Waals surface area contributed by atoms with Gasteiger partial charge in [0.2, 0.25) is 11.2 Å². The minimum absolute atomic E-state index is 0.0419. The Morgan fingerprint density at radius 2 is 1.35 bits per heavy atom. The third kappa shape index (κ3) is 3.89. The Bertz CT molecular complexity index is 2280. The molecule has 0 amide bonds. The molecular formula is C49H59N3+2. The Balaban J connectivity index is 1.36. The summed E-state index contributed by atoms with van der Waals surface area (Å²) >= 11 is 0. The average Bonchev–Trinajstić information content (AvgIpc) is 3.64. The maximum absolute atomic E-state index is 3.04. The standard InChI is InChI=1S/C49H59N3/c1-29(2)46-50(33-18-12-10-13-19-33)49(51(46)34-20-14-11-15-21-34)38-25-24-36-43(48(8,9)44-35-22-16-17-23-37(35)47(6,7)45(36)44)42(38)40-28-32(5)41-31(4)26-30(3)27-39(41)52(40)49/h16-17,22-29,33-34H,10-15,18-21H2,1-9H3/q+2. The number of benzene rings is 3. The predicted molar refractivity (Wildman–Crippen MR) is 216 cm³/mol. The molecule has 3 heterocycles. The van der Waals surface area contributed by atoms with Crippen molar-refractivity contribution in [2.75, 3.05) is 0 Å². The second kappa shape index (κ2) is 10.9. The van der Waals surface area contributed by atoms with E-state index in [1.165, 1.54) is 125 Å². The maximum Gasteiger partial charge on any atom is 0.479 e. The van der Waals surface area contributed by atoms with Gasteiger partial charge in [-0.25, -0.2) is 0 Å². The number of rotatable bonds is 3. The summed E-state index contributed by atoms with van der Waals surface area (Å²) in [5, 5.41) is 1.44. The molecule has 0 N–H and O–H groups in total. The van der Waals surface area contributed by atoms with E-state index in [1.54, 1.807) is 22.5 Å². The average molecular weight is 690 g/mol. The van der Waals surface area contributed by atoms with Crippen molar-refractivity contribution >= 4 is 27.9 Å². The van der Waals surface area contributed by atoms with Crippen molar-refractivity contribution in [2.24, 2.45) is 5.92 Å². The fourth-order valence-electron chi connectivity index (χ4n) is 12.9. The Labute approximate surface area is 312 Å². The summed E-state index contributed by atoms with van der Waals surface area (Å²) in [6, 6.07) is 23.2. The summed E-state index contributed by atoms with van der Waals surface area (Å²) in [6.45, 7) is 22.1. The second-order valence-corrected chi connectivity index (χ2v) is 19.0. The number of hydrogen-bond acceptors (Lipinski definition) is 1. The summed E-state index contributed by atoms with van der Waals surface area (Å²) in [6.07, 6.45) is 13.3. The summed E-state index contributed by atoms with van der Waals surface area (Å²) in [4.78, 5) is 3.04. The molecule has 3 nitrogen and oxygen atoms in total. The van der Waals surface area contributed by atoms with Gasteiger partial charge in [0, 0.05) is 23.0 Å². The van der Waals surface area contributed by atoms with Crippen molar-refractivity contribution in [3.8, 4) is 11.3 Å². The van der Waals surface area contributed by atoms with Gasteiger partial charge in [-0.1, -0.05) is 90.8 Å². The molecule has 0 bridgehead atoms. The van der Waals surface area contributed by atoms with E-state index in [9.17, 15) is 0 Å². The van der Waals surface area contributed by atoms with E-state index in [4.69, 9.17) is 0 Å². The van der Waals surface area contributed by atoms with E-state index in [0.29, 0.717) is 18.0 Å². The van der Waals surface area contributed by atoms with Crippen LogP contribution in [0.15, 0.2) is 54.6 Å². The van der Waals surface area contributed by atoms with E-state index in [1.807, 2.05) is 0 Å². The number of allylic oxidation sites excluding steroid dienone is 2. The zero-order chi connectivity index (χ0) is 36.1. The van der Waals surface area contributed by atoms with Gasteiger partial charge in [0.1, 0.15) is 17.6 Å². The monoisotopic (exact) mass is 689 g/mol. The van der Waals surface area contributed by atoms with Gasteiger partial charge in [-0.15, -0.1) is 4.57 Å². The van der Waals surface area contributed by atoms with E-state index >= 15 is 0 Å². The fraction of sp³-hybridized carbons (Fsp3) is 0.510. The van der Waals surface area contributed by atoms with Gasteiger partial charge < -0.3 is 0 Å². The van der Waals surface area contributed by atoms with Crippen LogP contribution in [0.1, 0.15) is 150 Å². The van der Waals surface area contributed by atoms with Crippen molar-refractivity contribution in [2.45, 2.75) is 155 Å². The molecule has 4 aliphatic carbocycles. The molecule has 0 saturated heterocycles. The van der Waals surface area contributed by atoms with Gasteiger partial charge in [0.15, 0.2) is 0 Å². The number of aryl methyl sites for hydroxylation is 3. The van der Waals surface area contributed by atoms with Crippen molar-refractivity contribution in [3.63, 3.8) is 0 Å². The first-order valence-corrected chi connectivity index (χ1v) is 20.9. The SMILES string of the molecule is Cc1cc(C)c2c(C)cc3[n+](c2c1)C1(c2ccc4c(c2-3)C(C)(C)C2=C4C(C)(C)c3ccccc32)N(C2CCCCC2)C(C(C)C)=[N+]1C1CCCCC1. The highest BCUT2D eigenvalue weighted by Crippen LogP contribution is 2.66. The van der Waals surface area contributed by atoms with E-state index in [2.05, 4.69) is 131 Å². The zero-order valence-electron chi connectivity index (χ0n) is 33.3. The van der Waals surface area contributed by atoms with Crippen molar-refractivity contribution in [1.82, 2.24) is 4.90 Å². The highest BCUT2D eigenvalue weighted by Gasteiger charge is 2.78. The van der Waals surface area contributed by atoms with Crippen LogP contribution in [0.5, 0.6) is 0 Å². The van der Waals surface area contributed by atoms with Crippen molar-refractivity contribution < 1.29 is 9.14 Å². The number of fused-ring (bicyclic) bond motifs is 12. The van der Waals surface area contributed by atoms with Crippen LogP contribution in [0.25, 0.3) is 33.3 Å². The van der Waals surface area contributed by atoms with Crippen LogP contribution in [-0.2, 0) is 16.6 Å². The molecule has 4 aromatic rings. The third-order valence-corrected chi connectivity index (χ3v) is 14.6. The molecular weight excluding hydrogens is 631 g/mol. The molecule has 1 atom stereocenters. The zero-order valence-corrected chi connectivity index (χ0v) is 33.3. The normalized spacial score (nSPS) is 24.5. The van der Waals surface area contributed by atoms with Crippen LogP contribution in [0.4, 0.5) is 0 Å². The summed E-state index contributed by atoms with van der Waals surface area (Å²) in [5.74, 6) is 1.71. The van der Waals surface area contributed by atoms with Crippen LogP contribution in [-0.4, -0.2) is 27.4 Å². The molecule has 1 aromatic heterocycles. The van der Waals surface area contributed by atoms with E-state index < -0.39 is 0 Å². The third-order valence-electron chi connectivity index (χ3n) is 14.6. The number of aromatic nitrogens is 1. The number of nitrogens with zero attached hydrogens (tertiary/aromatic N) is 3.